The zero-order valence-electron chi connectivity index (χ0n) is 9.84. The van der Waals surface area contributed by atoms with Gasteiger partial charge in [0.15, 0.2) is 0 Å². The van der Waals surface area contributed by atoms with Gasteiger partial charge in [0.1, 0.15) is 5.67 Å². The Hall–Kier alpha value is -1.01. The van der Waals surface area contributed by atoms with Gasteiger partial charge < -0.3 is 4.90 Å². The van der Waals surface area contributed by atoms with E-state index in [2.05, 4.69) is 26.8 Å². The van der Waals surface area contributed by atoms with Gasteiger partial charge in [-0.05, 0) is 38.0 Å². The molecule has 1 aliphatic heterocycles. The number of piperidine rings is 1. The molecule has 0 radical (unpaired) electrons. The summed E-state index contributed by atoms with van der Waals surface area (Å²) in [6, 6.07) is 5.86. The Kier molecular flexibility index (Phi) is 3.44. The van der Waals surface area contributed by atoms with E-state index in [-0.39, 0.29) is 0 Å². The van der Waals surface area contributed by atoms with Gasteiger partial charge in [-0.3, -0.25) is 0 Å². The normalized spacial score (nSPS) is 18.8. The average Bonchev–Trinajstić information content (AvgIpc) is 2.29. The Morgan fingerprint density at radius 1 is 1.41 bits per heavy atom. The van der Waals surface area contributed by atoms with Crippen LogP contribution >= 0.6 is 15.9 Å². The quantitative estimate of drug-likeness (QED) is 0.713. The second-order valence-corrected chi connectivity index (χ2v) is 5.62. The van der Waals surface area contributed by atoms with Crippen molar-refractivity contribution in [1.82, 2.24) is 0 Å². The molecule has 1 fully saturated rings. The van der Waals surface area contributed by atoms with E-state index in [4.69, 9.17) is 6.42 Å². The van der Waals surface area contributed by atoms with Crippen molar-refractivity contribution in [2.75, 3.05) is 18.0 Å². The SMILES string of the molecule is C#Cc1ccc(Br)cc1N1CCC(C)(F)CC1. The molecule has 1 aromatic carbocycles. The molecular formula is C14H15BrFN. The number of benzene rings is 1. The number of alkyl halides is 1. The van der Waals surface area contributed by atoms with Crippen LogP contribution in [0.15, 0.2) is 22.7 Å². The van der Waals surface area contributed by atoms with Crippen LogP contribution in [0.2, 0.25) is 0 Å². The Labute approximate surface area is 110 Å². The third-order valence-electron chi connectivity index (χ3n) is 3.26. The first kappa shape index (κ1) is 12.4. The van der Waals surface area contributed by atoms with Crippen LogP contribution in [0.3, 0.4) is 0 Å². The van der Waals surface area contributed by atoms with Crippen LogP contribution in [0.25, 0.3) is 0 Å². The first-order valence-corrected chi connectivity index (χ1v) is 6.51. The maximum absolute atomic E-state index is 13.7. The summed E-state index contributed by atoms with van der Waals surface area (Å²) in [7, 11) is 0. The fraction of sp³-hybridized carbons (Fsp3) is 0.429. The van der Waals surface area contributed by atoms with Crippen LogP contribution in [0.5, 0.6) is 0 Å². The summed E-state index contributed by atoms with van der Waals surface area (Å²) in [5.74, 6) is 2.68. The van der Waals surface area contributed by atoms with E-state index >= 15 is 0 Å². The fourth-order valence-corrected chi connectivity index (χ4v) is 2.45. The Bertz CT molecular complexity index is 452. The lowest BCUT2D eigenvalue weighted by molar-refractivity contribution is 0.149. The largest absolute Gasteiger partial charge is 0.370 e. The second kappa shape index (κ2) is 4.70. The lowest BCUT2D eigenvalue weighted by Gasteiger charge is -2.36. The number of hydrogen-bond acceptors (Lipinski definition) is 1. The predicted octanol–water partition coefficient (Wildman–Crippen LogP) is 3.76. The number of nitrogens with zero attached hydrogens (tertiary/aromatic N) is 1. The average molecular weight is 296 g/mol. The molecule has 0 unspecified atom stereocenters. The van der Waals surface area contributed by atoms with Crippen LogP contribution in [-0.4, -0.2) is 18.8 Å². The molecule has 0 N–H and O–H groups in total. The second-order valence-electron chi connectivity index (χ2n) is 4.71. The van der Waals surface area contributed by atoms with Gasteiger partial charge in [-0.1, -0.05) is 21.9 Å². The highest BCUT2D eigenvalue weighted by Gasteiger charge is 2.30. The van der Waals surface area contributed by atoms with E-state index < -0.39 is 5.67 Å². The Morgan fingerprint density at radius 2 is 2.06 bits per heavy atom. The van der Waals surface area contributed by atoms with Gasteiger partial charge in [-0.25, -0.2) is 4.39 Å². The molecular weight excluding hydrogens is 281 g/mol. The molecule has 1 aromatic rings. The molecule has 0 amide bonds. The van der Waals surface area contributed by atoms with E-state index in [0.29, 0.717) is 12.8 Å². The summed E-state index contributed by atoms with van der Waals surface area (Å²) in [6.07, 6.45) is 6.61. The highest BCUT2D eigenvalue weighted by atomic mass is 79.9. The van der Waals surface area contributed by atoms with Crippen LogP contribution in [0.4, 0.5) is 10.1 Å². The summed E-state index contributed by atoms with van der Waals surface area (Å²) in [5, 5.41) is 0. The molecule has 0 spiro atoms. The zero-order chi connectivity index (χ0) is 12.5. The van der Waals surface area contributed by atoms with Crippen molar-refractivity contribution in [3.63, 3.8) is 0 Å². The van der Waals surface area contributed by atoms with Crippen molar-refractivity contribution in [1.29, 1.82) is 0 Å². The van der Waals surface area contributed by atoms with Gasteiger partial charge >= 0.3 is 0 Å². The van der Waals surface area contributed by atoms with E-state index in [0.717, 1.165) is 28.8 Å². The summed E-state index contributed by atoms with van der Waals surface area (Å²) in [4.78, 5) is 2.17. The van der Waals surface area contributed by atoms with Crippen molar-refractivity contribution in [2.45, 2.75) is 25.4 Å². The topological polar surface area (TPSA) is 3.24 Å². The standard InChI is InChI=1S/C14H15BrFN/c1-3-11-4-5-12(15)10-13(11)17-8-6-14(2,16)7-9-17/h1,4-5,10H,6-9H2,2H3. The van der Waals surface area contributed by atoms with Crippen LogP contribution < -0.4 is 4.90 Å². The highest BCUT2D eigenvalue weighted by Crippen LogP contribution is 2.31. The fourth-order valence-electron chi connectivity index (χ4n) is 2.10. The maximum atomic E-state index is 13.7. The Morgan fingerprint density at radius 3 is 2.65 bits per heavy atom. The third kappa shape index (κ3) is 2.81. The van der Waals surface area contributed by atoms with E-state index in [1.165, 1.54) is 0 Å². The molecule has 1 aliphatic rings. The number of halogens is 2. The molecule has 90 valence electrons. The molecule has 0 atom stereocenters. The number of hydrogen-bond donors (Lipinski definition) is 0. The lowest BCUT2D eigenvalue weighted by Crippen LogP contribution is -2.40. The van der Waals surface area contributed by atoms with Gasteiger partial charge in [0.2, 0.25) is 0 Å². The lowest BCUT2D eigenvalue weighted by atomic mass is 9.95. The van der Waals surface area contributed by atoms with Gasteiger partial charge in [0, 0.05) is 23.1 Å². The van der Waals surface area contributed by atoms with Crippen molar-refractivity contribution in [3.05, 3.63) is 28.2 Å². The molecule has 1 saturated heterocycles. The number of anilines is 1. The zero-order valence-corrected chi connectivity index (χ0v) is 11.4. The van der Waals surface area contributed by atoms with Crippen molar-refractivity contribution in [2.24, 2.45) is 0 Å². The molecule has 3 heteroatoms. The van der Waals surface area contributed by atoms with Crippen molar-refractivity contribution in [3.8, 4) is 12.3 Å². The predicted molar refractivity (Wildman–Crippen MR) is 73.0 cm³/mol. The van der Waals surface area contributed by atoms with E-state index in [1.807, 2.05) is 18.2 Å². The van der Waals surface area contributed by atoms with Crippen molar-refractivity contribution >= 4 is 21.6 Å². The molecule has 1 nitrogen and oxygen atoms in total. The summed E-state index contributed by atoms with van der Waals surface area (Å²) < 4.78 is 14.7. The molecule has 0 aliphatic carbocycles. The van der Waals surface area contributed by atoms with E-state index in [9.17, 15) is 4.39 Å². The monoisotopic (exact) mass is 295 g/mol. The van der Waals surface area contributed by atoms with Crippen LogP contribution in [0, 0.1) is 12.3 Å². The summed E-state index contributed by atoms with van der Waals surface area (Å²) in [6.45, 7) is 3.11. The minimum Gasteiger partial charge on any atom is -0.370 e. The number of terminal acetylenes is 1. The van der Waals surface area contributed by atoms with Gasteiger partial charge in [0.05, 0.1) is 5.69 Å². The first-order chi connectivity index (χ1) is 8.02. The molecule has 17 heavy (non-hydrogen) atoms. The number of rotatable bonds is 1. The van der Waals surface area contributed by atoms with Crippen LogP contribution in [0.1, 0.15) is 25.3 Å². The van der Waals surface area contributed by atoms with Gasteiger partial charge in [0.25, 0.3) is 0 Å². The minimum absolute atomic E-state index is 0.559. The van der Waals surface area contributed by atoms with Gasteiger partial charge in [-0.15, -0.1) is 6.42 Å². The van der Waals surface area contributed by atoms with Crippen molar-refractivity contribution < 1.29 is 4.39 Å². The maximum Gasteiger partial charge on any atom is 0.111 e. The molecule has 1 heterocycles. The Balaban J connectivity index is 2.24. The first-order valence-electron chi connectivity index (χ1n) is 5.72. The third-order valence-corrected chi connectivity index (χ3v) is 3.76. The summed E-state index contributed by atoms with van der Waals surface area (Å²) >= 11 is 3.45. The smallest absolute Gasteiger partial charge is 0.111 e. The molecule has 0 bridgehead atoms. The van der Waals surface area contributed by atoms with E-state index in [1.54, 1.807) is 6.92 Å². The minimum atomic E-state index is -1.03. The van der Waals surface area contributed by atoms with Gasteiger partial charge in [-0.2, -0.15) is 0 Å². The summed E-state index contributed by atoms with van der Waals surface area (Å²) in [5.41, 5.74) is 0.867. The molecule has 2 rings (SSSR count). The van der Waals surface area contributed by atoms with Crippen LogP contribution in [-0.2, 0) is 0 Å². The molecule has 0 saturated carbocycles. The highest BCUT2D eigenvalue weighted by molar-refractivity contribution is 9.10. The molecule has 0 aromatic heterocycles.